The zero-order valence-electron chi connectivity index (χ0n) is 13.3. The topological polar surface area (TPSA) is 85.8 Å². The van der Waals surface area contributed by atoms with Crippen molar-refractivity contribution in [2.75, 3.05) is 6.61 Å². The third-order valence-corrected chi connectivity index (χ3v) is 5.40. The summed E-state index contributed by atoms with van der Waals surface area (Å²) in [7, 11) is 0. The van der Waals surface area contributed by atoms with Gasteiger partial charge < -0.3 is 9.94 Å². The van der Waals surface area contributed by atoms with Crippen LogP contribution >= 0.6 is 11.3 Å². The van der Waals surface area contributed by atoms with Crippen molar-refractivity contribution < 1.29 is 9.94 Å². The van der Waals surface area contributed by atoms with Crippen LogP contribution in [0, 0.1) is 6.92 Å². The standard InChI is InChI=1S/C15H19N3O4S/c1-8(2)18-13(19)12-9(3)11(6-16-21)23-14(12)17(15(18)20)7-10-4-5-22-10/h6,8,10,21H,4-5,7H2,1-3H3/b16-6+. The summed E-state index contributed by atoms with van der Waals surface area (Å²) >= 11 is 1.29. The second kappa shape index (κ2) is 5.93. The van der Waals surface area contributed by atoms with Crippen molar-refractivity contribution in [3.8, 4) is 0 Å². The highest BCUT2D eigenvalue weighted by Crippen LogP contribution is 2.27. The molecule has 1 unspecified atom stereocenters. The highest BCUT2D eigenvalue weighted by atomic mass is 32.1. The van der Waals surface area contributed by atoms with E-state index in [4.69, 9.17) is 9.94 Å². The predicted octanol–water partition coefficient (Wildman–Crippen LogP) is 1.71. The number of ether oxygens (including phenoxy) is 1. The second-order valence-electron chi connectivity index (χ2n) is 5.96. The average Bonchev–Trinajstić information content (AvgIpc) is 2.74. The Morgan fingerprint density at radius 3 is 2.70 bits per heavy atom. The smallest absolute Gasteiger partial charge is 0.332 e. The van der Waals surface area contributed by atoms with Crippen LogP contribution in [-0.4, -0.2) is 33.3 Å². The van der Waals surface area contributed by atoms with Gasteiger partial charge in [0.15, 0.2) is 0 Å². The number of rotatable bonds is 4. The number of aromatic nitrogens is 2. The molecular weight excluding hydrogens is 318 g/mol. The van der Waals surface area contributed by atoms with Crippen molar-refractivity contribution >= 4 is 27.8 Å². The van der Waals surface area contributed by atoms with E-state index in [9.17, 15) is 9.59 Å². The van der Waals surface area contributed by atoms with Crippen molar-refractivity contribution in [1.82, 2.24) is 9.13 Å². The maximum absolute atomic E-state index is 12.8. The number of oxime groups is 1. The Labute approximate surface area is 136 Å². The number of hydrogen-bond donors (Lipinski definition) is 1. The molecular formula is C15H19N3O4S. The number of fused-ring (bicyclic) bond motifs is 1. The molecule has 7 nitrogen and oxygen atoms in total. The SMILES string of the molecule is Cc1c(/C=N/O)sc2c1c(=O)n(C(C)C)c(=O)n2CC1CCO1. The Balaban J connectivity index is 2.36. The lowest BCUT2D eigenvalue weighted by Crippen LogP contribution is -2.44. The Hall–Kier alpha value is -1.93. The maximum Gasteiger partial charge on any atom is 0.332 e. The highest BCUT2D eigenvalue weighted by Gasteiger charge is 2.25. The molecule has 0 aliphatic carbocycles. The summed E-state index contributed by atoms with van der Waals surface area (Å²) < 4.78 is 8.34. The Morgan fingerprint density at radius 1 is 1.48 bits per heavy atom. The molecule has 0 saturated carbocycles. The van der Waals surface area contributed by atoms with E-state index in [0.29, 0.717) is 28.2 Å². The number of hydrogen-bond acceptors (Lipinski definition) is 6. The van der Waals surface area contributed by atoms with E-state index >= 15 is 0 Å². The zero-order valence-corrected chi connectivity index (χ0v) is 14.1. The third kappa shape index (κ3) is 2.51. The van der Waals surface area contributed by atoms with Crippen LogP contribution < -0.4 is 11.2 Å². The van der Waals surface area contributed by atoms with E-state index in [1.54, 1.807) is 11.5 Å². The van der Waals surface area contributed by atoms with Crippen molar-refractivity contribution in [3.63, 3.8) is 0 Å². The van der Waals surface area contributed by atoms with Gasteiger partial charge in [0.1, 0.15) is 4.83 Å². The fourth-order valence-electron chi connectivity index (χ4n) is 2.81. The first-order chi connectivity index (χ1) is 11.0. The fourth-order valence-corrected chi connectivity index (χ4v) is 3.97. The minimum absolute atomic E-state index is 0.00591. The Kier molecular flexibility index (Phi) is 4.11. The van der Waals surface area contributed by atoms with E-state index < -0.39 is 0 Å². The van der Waals surface area contributed by atoms with Gasteiger partial charge in [-0.25, -0.2) is 4.79 Å². The van der Waals surface area contributed by atoms with Crippen LogP contribution in [-0.2, 0) is 11.3 Å². The van der Waals surface area contributed by atoms with E-state index in [2.05, 4.69) is 5.16 Å². The quantitative estimate of drug-likeness (QED) is 0.523. The van der Waals surface area contributed by atoms with Crippen molar-refractivity contribution in [3.05, 3.63) is 31.3 Å². The molecule has 0 radical (unpaired) electrons. The van der Waals surface area contributed by atoms with Crippen LogP contribution in [0.2, 0.25) is 0 Å². The van der Waals surface area contributed by atoms with Crippen LogP contribution in [0.3, 0.4) is 0 Å². The van der Waals surface area contributed by atoms with E-state index in [-0.39, 0.29) is 23.4 Å². The minimum atomic E-state index is -0.318. The molecule has 8 heteroatoms. The predicted molar refractivity (Wildman–Crippen MR) is 89.2 cm³/mol. The average molecular weight is 337 g/mol. The Morgan fingerprint density at radius 2 is 2.17 bits per heavy atom. The van der Waals surface area contributed by atoms with Gasteiger partial charge in [-0.3, -0.25) is 13.9 Å². The van der Waals surface area contributed by atoms with E-state index in [0.717, 1.165) is 12.0 Å². The van der Waals surface area contributed by atoms with Crippen LogP contribution in [0.15, 0.2) is 14.7 Å². The van der Waals surface area contributed by atoms with Gasteiger partial charge >= 0.3 is 5.69 Å². The molecule has 0 amide bonds. The molecule has 3 rings (SSSR count). The molecule has 23 heavy (non-hydrogen) atoms. The van der Waals surface area contributed by atoms with Gasteiger partial charge in [-0.15, -0.1) is 11.3 Å². The molecule has 0 spiro atoms. The monoisotopic (exact) mass is 337 g/mol. The first kappa shape index (κ1) is 15.9. The van der Waals surface area contributed by atoms with Gasteiger partial charge in [-0.2, -0.15) is 0 Å². The normalized spacial score (nSPS) is 18.2. The number of aryl methyl sites for hydroxylation is 1. The van der Waals surface area contributed by atoms with Gasteiger partial charge in [-0.05, 0) is 32.8 Å². The van der Waals surface area contributed by atoms with Crippen molar-refractivity contribution in [2.45, 2.75) is 45.9 Å². The second-order valence-corrected chi connectivity index (χ2v) is 6.99. The molecule has 1 saturated heterocycles. The molecule has 0 bridgehead atoms. The molecule has 1 fully saturated rings. The van der Waals surface area contributed by atoms with Gasteiger partial charge in [0.2, 0.25) is 0 Å². The summed E-state index contributed by atoms with van der Waals surface area (Å²) in [6.45, 7) is 6.57. The molecule has 124 valence electrons. The summed E-state index contributed by atoms with van der Waals surface area (Å²) in [6, 6.07) is -0.234. The lowest BCUT2D eigenvalue weighted by atomic mass is 10.2. The van der Waals surface area contributed by atoms with Crippen LogP contribution in [0.25, 0.3) is 10.2 Å². The summed E-state index contributed by atoms with van der Waals surface area (Å²) in [5.41, 5.74) is 0.115. The molecule has 2 aromatic rings. The summed E-state index contributed by atoms with van der Waals surface area (Å²) in [4.78, 5) is 26.8. The van der Waals surface area contributed by atoms with Crippen molar-refractivity contribution in [2.24, 2.45) is 5.16 Å². The number of nitrogens with zero attached hydrogens (tertiary/aromatic N) is 3. The first-order valence-corrected chi connectivity index (χ1v) is 8.34. The van der Waals surface area contributed by atoms with E-state index in [1.165, 1.54) is 22.1 Å². The van der Waals surface area contributed by atoms with Crippen LogP contribution in [0.1, 0.15) is 36.8 Å². The molecule has 1 N–H and O–H groups in total. The van der Waals surface area contributed by atoms with Crippen LogP contribution in [0.4, 0.5) is 0 Å². The summed E-state index contributed by atoms with van der Waals surface area (Å²) in [6.07, 6.45) is 2.21. The van der Waals surface area contributed by atoms with Crippen molar-refractivity contribution in [1.29, 1.82) is 0 Å². The Bertz CT molecular complexity index is 887. The number of thiophene rings is 1. The highest BCUT2D eigenvalue weighted by molar-refractivity contribution is 7.20. The van der Waals surface area contributed by atoms with Gasteiger partial charge in [0, 0.05) is 12.6 Å². The molecule has 1 aliphatic heterocycles. The maximum atomic E-state index is 12.8. The molecule has 3 heterocycles. The van der Waals surface area contributed by atoms with Gasteiger partial charge in [0.25, 0.3) is 5.56 Å². The largest absolute Gasteiger partial charge is 0.411 e. The van der Waals surface area contributed by atoms with Gasteiger partial charge in [0.05, 0.1) is 29.1 Å². The fraction of sp³-hybridized carbons (Fsp3) is 0.533. The zero-order chi connectivity index (χ0) is 16.7. The lowest BCUT2D eigenvalue weighted by Gasteiger charge is -2.27. The lowest BCUT2D eigenvalue weighted by molar-refractivity contribution is -0.0593. The van der Waals surface area contributed by atoms with Gasteiger partial charge in [-0.1, -0.05) is 5.16 Å². The minimum Gasteiger partial charge on any atom is -0.411 e. The summed E-state index contributed by atoms with van der Waals surface area (Å²) in [5.74, 6) is 0. The first-order valence-electron chi connectivity index (χ1n) is 7.53. The third-order valence-electron chi connectivity index (χ3n) is 4.15. The molecule has 1 aliphatic rings. The van der Waals surface area contributed by atoms with E-state index in [1.807, 2.05) is 13.8 Å². The molecule has 1 atom stereocenters. The van der Waals surface area contributed by atoms with Crippen LogP contribution in [0.5, 0.6) is 0 Å². The molecule has 2 aromatic heterocycles. The molecule has 0 aromatic carbocycles. The summed E-state index contributed by atoms with van der Waals surface area (Å²) in [5, 5.41) is 12.4.